The molecule has 126 valence electrons. The van der Waals surface area contributed by atoms with Crippen molar-refractivity contribution < 1.29 is 18.3 Å². The van der Waals surface area contributed by atoms with E-state index in [0.29, 0.717) is 5.75 Å². The molecule has 0 bridgehead atoms. The Labute approximate surface area is 139 Å². The summed E-state index contributed by atoms with van der Waals surface area (Å²) in [6.45, 7) is 3.49. The van der Waals surface area contributed by atoms with Gasteiger partial charge in [-0.25, -0.2) is 8.78 Å². The van der Waals surface area contributed by atoms with E-state index in [9.17, 15) is 13.6 Å². The quantitative estimate of drug-likeness (QED) is 0.731. The van der Waals surface area contributed by atoms with E-state index < -0.39 is 13.0 Å². The number of halogens is 2. The Kier molecular flexibility index (Phi) is 6.59. The Morgan fingerprint density at radius 2 is 2.22 bits per heavy atom. The summed E-state index contributed by atoms with van der Waals surface area (Å²) < 4.78 is 29.6. The number of hydrogen-bond donors (Lipinski definition) is 0. The number of carbonyl (C=O) groups excluding carboxylic acids is 1. The van der Waals surface area contributed by atoms with Crippen LogP contribution in [0, 0.1) is 6.92 Å². The van der Waals surface area contributed by atoms with E-state index >= 15 is 0 Å². The van der Waals surface area contributed by atoms with Crippen LogP contribution in [0.15, 0.2) is 29.3 Å². The van der Waals surface area contributed by atoms with Gasteiger partial charge in [-0.2, -0.15) is 0 Å². The summed E-state index contributed by atoms with van der Waals surface area (Å²) in [6, 6.07) is 5.64. The molecule has 0 saturated carbocycles. The molecule has 6 heteroatoms. The van der Waals surface area contributed by atoms with Crippen molar-refractivity contribution in [1.82, 2.24) is 0 Å². The maximum Gasteiger partial charge on any atom is 0.261 e. The van der Waals surface area contributed by atoms with Crippen molar-refractivity contribution in [2.45, 2.75) is 39.7 Å². The summed E-state index contributed by atoms with van der Waals surface area (Å²) in [5.74, 6) is 0.416. The van der Waals surface area contributed by atoms with E-state index in [2.05, 4.69) is 13.0 Å². The zero-order valence-electron chi connectivity index (χ0n) is 13.4. The number of benzene rings is 1. The van der Waals surface area contributed by atoms with E-state index in [1.165, 1.54) is 11.8 Å². The lowest BCUT2D eigenvalue weighted by atomic mass is 10.1. The number of hydrogen-bond acceptors (Lipinski definition) is 3. The SMILES string of the molecule is CCC/C=C1/SCC(=O)N1c1cc(C)ccc1COCC(F)F. The van der Waals surface area contributed by atoms with Gasteiger partial charge in [0.1, 0.15) is 6.61 Å². The van der Waals surface area contributed by atoms with E-state index in [1.54, 1.807) is 4.90 Å². The largest absolute Gasteiger partial charge is 0.371 e. The van der Waals surface area contributed by atoms with Gasteiger partial charge >= 0.3 is 0 Å². The normalized spacial score (nSPS) is 16.8. The number of thioether (sulfide) groups is 1. The maximum absolute atomic E-state index is 12.3. The van der Waals surface area contributed by atoms with Crippen molar-refractivity contribution in [1.29, 1.82) is 0 Å². The maximum atomic E-state index is 12.3. The van der Waals surface area contributed by atoms with Crippen LogP contribution in [0.5, 0.6) is 0 Å². The van der Waals surface area contributed by atoms with Crippen LogP contribution >= 0.6 is 11.8 Å². The first kappa shape index (κ1) is 17.9. The van der Waals surface area contributed by atoms with Gasteiger partial charge in [0.25, 0.3) is 6.43 Å². The summed E-state index contributed by atoms with van der Waals surface area (Å²) in [5.41, 5.74) is 2.49. The molecule has 23 heavy (non-hydrogen) atoms. The Hall–Kier alpha value is -1.40. The van der Waals surface area contributed by atoms with Gasteiger partial charge in [0.05, 0.1) is 23.1 Å². The Bertz CT molecular complexity index is 590. The average molecular weight is 341 g/mol. The van der Waals surface area contributed by atoms with Crippen LogP contribution in [-0.4, -0.2) is 24.7 Å². The van der Waals surface area contributed by atoms with E-state index in [-0.39, 0.29) is 12.5 Å². The smallest absolute Gasteiger partial charge is 0.261 e. The highest BCUT2D eigenvalue weighted by atomic mass is 32.2. The van der Waals surface area contributed by atoms with Crippen molar-refractivity contribution >= 4 is 23.4 Å². The molecule has 1 aliphatic heterocycles. The lowest BCUT2D eigenvalue weighted by Crippen LogP contribution is -2.25. The summed E-state index contributed by atoms with van der Waals surface area (Å²) in [4.78, 5) is 14.0. The minimum absolute atomic E-state index is 0.0121. The summed E-state index contributed by atoms with van der Waals surface area (Å²) in [7, 11) is 0. The number of ether oxygens (including phenoxy) is 1. The number of aryl methyl sites for hydroxylation is 1. The first-order valence-electron chi connectivity index (χ1n) is 7.64. The van der Waals surface area contributed by atoms with Gasteiger partial charge in [-0.15, -0.1) is 0 Å². The van der Waals surface area contributed by atoms with Gasteiger partial charge in [-0.05, 0) is 25.0 Å². The van der Waals surface area contributed by atoms with Crippen molar-refractivity contribution in [2.24, 2.45) is 0 Å². The van der Waals surface area contributed by atoms with Crippen LogP contribution in [0.3, 0.4) is 0 Å². The second-order valence-corrected chi connectivity index (χ2v) is 6.38. The van der Waals surface area contributed by atoms with E-state index in [1.807, 2.05) is 25.1 Å². The van der Waals surface area contributed by atoms with Gasteiger partial charge < -0.3 is 4.74 Å². The van der Waals surface area contributed by atoms with Gasteiger partial charge in [-0.1, -0.05) is 43.3 Å². The zero-order chi connectivity index (χ0) is 16.8. The molecule has 1 aliphatic rings. The molecule has 0 aliphatic carbocycles. The van der Waals surface area contributed by atoms with E-state index in [0.717, 1.165) is 34.7 Å². The molecule has 1 aromatic carbocycles. The number of amides is 1. The Balaban J connectivity index is 2.28. The van der Waals surface area contributed by atoms with Crippen LogP contribution in [0.1, 0.15) is 30.9 Å². The number of unbranched alkanes of at least 4 members (excludes halogenated alkanes) is 1. The molecule has 0 atom stereocenters. The lowest BCUT2D eigenvalue weighted by molar-refractivity contribution is -0.115. The standard InChI is InChI=1S/C17H21F2NO2S/c1-3-4-5-17-20(16(21)11-23-17)14-8-12(2)6-7-13(14)9-22-10-15(18)19/h5-8,15H,3-4,9-11H2,1-2H3/b17-5+. The minimum atomic E-state index is -2.49. The first-order valence-corrected chi connectivity index (χ1v) is 8.62. The number of anilines is 1. The fraction of sp³-hybridized carbons (Fsp3) is 0.471. The van der Waals surface area contributed by atoms with Crippen molar-refractivity contribution in [3.05, 3.63) is 40.4 Å². The third-order valence-electron chi connectivity index (χ3n) is 3.40. The Morgan fingerprint density at radius 3 is 2.91 bits per heavy atom. The molecule has 1 fully saturated rings. The van der Waals surface area contributed by atoms with E-state index in [4.69, 9.17) is 4.74 Å². The lowest BCUT2D eigenvalue weighted by Gasteiger charge is -2.21. The van der Waals surface area contributed by atoms with Crippen molar-refractivity contribution in [3.8, 4) is 0 Å². The number of rotatable bonds is 7. The fourth-order valence-electron chi connectivity index (χ4n) is 2.32. The third kappa shape index (κ3) is 4.78. The second-order valence-electron chi connectivity index (χ2n) is 5.39. The molecule has 3 nitrogen and oxygen atoms in total. The minimum Gasteiger partial charge on any atom is -0.371 e. The molecule has 1 heterocycles. The summed E-state index contributed by atoms with van der Waals surface area (Å²) in [6.07, 6.45) is 1.47. The van der Waals surface area contributed by atoms with Gasteiger partial charge in [-0.3, -0.25) is 9.69 Å². The molecule has 0 aromatic heterocycles. The number of alkyl halides is 2. The first-order chi connectivity index (χ1) is 11.0. The number of allylic oxidation sites excluding steroid dienone is 1. The molecule has 1 amide bonds. The van der Waals surface area contributed by atoms with Crippen molar-refractivity contribution in [3.63, 3.8) is 0 Å². The Morgan fingerprint density at radius 1 is 1.43 bits per heavy atom. The number of nitrogens with zero attached hydrogens (tertiary/aromatic N) is 1. The third-order valence-corrected chi connectivity index (χ3v) is 4.44. The molecule has 2 rings (SSSR count). The van der Waals surface area contributed by atoms with Crippen molar-refractivity contribution in [2.75, 3.05) is 17.3 Å². The van der Waals surface area contributed by atoms with Crippen LogP contribution in [0.2, 0.25) is 0 Å². The molecule has 1 aromatic rings. The fourth-order valence-corrected chi connectivity index (χ4v) is 3.29. The second kappa shape index (κ2) is 8.45. The highest BCUT2D eigenvalue weighted by Crippen LogP contribution is 2.37. The topological polar surface area (TPSA) is 29.5 Å². The summed E-state index contributed by atoms with van der Waals surface area (Å²) >= 11 is 1.51. The molecule has 0 N–H and O–H groups in total. The molecule has 1 saturated heterocycles. The van der Waals surface area contributed by atoms with Crippen LogP contribution < -0.4 is 4.90 Å². The highest BCUT2D eigenvalue weighted by Gasteiger charge is 2.29. The zero-order valence-corrected chi connectivity index (χ0v) is 14.2. The predicted octanol–water partition coefficient (Wildman–Crippen LogP) is 4.50. The molecule has 0 unspecified atom stereocenters. The molecular formula is C17H21F2NO2S. The van der Waals surface area contributed by atoms with Crippen LogP contribution in [-0.2, 0) is 16.1 Å². The predicted molar refractivity (Wildman–Crippen MR) is 89.8 cm³/mol. The summed E-state index contributed by atoms with van der Waals surface area (Å²) in [5, 5.41) is 0.914. The van der Waals surface area contributed by atoms with Gasteiger partial charge in [0.15, 0.2) is 0 Å². The van der Waals surface area contributed by atoms with Gasteiger partial charge in [0, 0.05) is 5.56 Å². The molecule has 0 radical (unpaired) electrons. The highest BCUT2D eigenvalue weighted by molar-refractivity contribution is 8.04. The molecular weight excluding hydrogens is 320 g/mol. The van der Waals surface area contributed by atoms with Gasteiger partial charge in [0.2, 0.25) is 5.91 Å². The van der Waals surface area contributed by atoms with Crippen LogP contribution in [0.4, 0.5) is 14.5 Å². The monoisotopic (exact) mass is 341 g/mol. The number of carbonyl (C=O) groups is 1. The average Bonchev–Trinajstić information content (AvgIpc) is 2.87. The molecule has 0 spiro atoms. The van der Waals surface area contributed by atoms with Crippen LogP contribution in [0.25, 0.3) is 0 Å².